The van der Waals surface area contributed by atoms with Crippen LogP contribution in [0, 0.1) is 12.8 Å². The first kappa shape index (κ1) is 11.7. The highest BCUT2D eigenvalue weighted by atomic mass is 32.1. The van der Waals surface area contributed by atoms with Crippen LogP contribution in [0.2, 0.25) is 0 Å². The third-order valence-electron chi connectivity index (χ3n) is 3.13. The smallest absolute Gasteiger partial charge is 0.268 e. The maximum absolute atomic E-state index is 5.77. The summed E-state index contributed by atoms with van der Waals surface area (Å²) in [6.45, 7) is 1.99. The second-order valence-electron chi connectivity index (χ2n) is 4.61. The van der Waals surface area contributed by atoms with Crippen LogP contribution in [0.15, 0.2) is 10.6 Å². The van der Waals surface area contributed by atoms with Gasteiger partial charge in [-0.15, -0.1) is 11.3 Å². The lowest BCUT2D eigenvalue weighted by atomic mass is 10.2. The molecule has 18 heavy (non-hydrogen) atoms. The number of nitrogens with zero attached hydrogens (tertiary/aromatic N) is 2. The van der Waals surface area contributed by atoms with Crippen molar-refractivity contribution >= 4 is 16.3 Å². The summed E-state index contributed by atoms with van der Waals surface area (Å²) in [7, 11) is 1.69. The van der Waals surface area contributed by atoms with E-state index in [0.717, 1.165) is 15.4 Å². The number of rotatable bonds is 4. The second-order valence-corrected chi connectivity index (χ2v) is 5.70. The Balaban J connectivity index is 1.91. The molecule has 1 saturated carbocycles. The van der Waals surface area contributed by atoms with E-state index in [9.17, 15) is 0 Å². The number of hydrogen-bond acceptors (Lipinski definition) is 6. The van der Waals surface area contributed by atoms with E-state index in [1.165, 1.54) is 24.2 Å². The summed E-state index contributed by atoms with van der Waals surface area (Å²) in [5.41, 5.74) is 6.83. The van der Waals surface area contributed by atoms with Crippen molar-refractivity contribution in [2.75, 3.05) is 12.8 Å². The molecule has 1 fully saturated rings. The van der Waals surface area contributed by atoms with Crippen molar-refractivity contribution in [3.8, 4) is 10.8 Å². The molecule has 0 aromatic carbocycles. The lowest BCUT2D eigenvalue weighted by molar-refractivity contribution is 0.0751. The Hall–Kier alpha value is -1.40. The monoisotopic (exact) mass is 265 g/mol. The quantitative estimate of drug-likeness (QED) is 0.920. The van der Waals surface area contributed by atoms with Crippen LogP contribution in [-0.4, -0.2) is 17.3 Å². The molecule has 0 radical (unpaired) electrons. The van der Waals surface area contributed by atoms with Crippen molar-refractivity contribution in [2.45, 2.75) is 25.9 Å². The molecular formula is C12H15N3O2S. The Kier molecular flexibility index (Phi) is 2.83. The third kappa shape index (κ3) is 2.02. The summed E-state index contributed by atoms with van der Waals surface area (Å²) in [5, 5.41) is 4.79. The molecular weight excluding hydrogens is 250 g/mol. The second kappa shape index (κ2) is 4.37. The van der Waals surface area contributed by atoms with E-state index in [2.05, 4.69) is 10.1 Å². The molecule has 0 saturated heterocycles. The van der Waals surface area contributed by atoms with Crippen molar-refractivity contribution in [3.63, 3.8) is 0 Å². The highest BCUT2D eigenvalue weighted by Crippen LogP contribution is 2.42. The molecule has 6 heteroatoms. The largest absolute Gasteiger partial charge is 0.391 e. The van der Waals surface area contributed by atoms with Crippen LogP contribution < -0.4 is 5.73 Å². The number of hydrogen-bond donors (Lipinski definition) is 1. The molecule has 2 heterocycles. The Morgan fingerprint density at radius 3 is 2.89 bits per heavy atom. The first-order chi connectivity index (χ1) is 8.69. The fourth-order valence-electron chi connectivity index (χ4n) is 2.07. The molecule has 1 atom stereocenters. The van der Waals surface area contributed by atoms with Crippen LogP contribution in [-0.2, 0) is 4.74 Å². The van der Waals surface area contributed by atoms with E-state index in [0.29, 0.717) is 17.6 Å². The summed E-state index contributed by atoms with van der Waals surface area (Å²) >= 11 is 1.46. The van der Waals surface area contributed by atoms with Crippen LogP contribution >= 0.6 is 11.3 Å². The zero-order valence-electron chi connectivity index (χ0n) is 10.3. The number of nitrogens with two attached hydrogens (primary N) is 1. The van der Waals surface area contributed by atoms with Crippen molar-refractivity contribution in [1.29, 1.82) is 0 Å². The Morgan fingerprint density at radius 1 is 1.56 bits per heavy atom. The van der Waals surface area contributed by atoms with E-state index in [-0.39, 0.29) is 6.10 Å². The Morgan fingerprint density at radius 2 is 2.33 bits per heavy atom. The lowest BCUT2D eigenvalue weighted by Gasteiger charge is -2.07. The van der Waals surface area contributed by atoms with Crippen molar-refractivity contribution in [1.82, 2.24) is 10.1 Å². The highest BCUT2D eigenvalue weighted by molar-refractivity contribution is 7.19. The van der Waals surface area contributed by atoms with Gasteiger partial charge in [0.1, 0.15) is 6.10 Å². The standard InChI is InChI=1S/C12H15N3O2S/c1-6-5-8(13)18-10(6)12-14-11(15-17-12)9(16-2)7-3-4-7/h5,7,9H,3-4,13H2,1-2H3. The maximum atomic E-state index is 5.77. The summed E-state index contributed by atoms with van der Waals surface area (Å²) in [6.07, 6.45) is 2.31. The summed E-state index contributed by atoms with van der Waals surface area (Å²) < 4.78 is 10.8. The molecule has 1 aliphatic rings. The number of methoxy groups -OCH3 is 1. The molecule has 1 aliphatic carbocycles. The van der Waals surface area contributed by atoms with Crippen LogP contribution in [0.25, 0.3) is 10.8 Å². The van der Waals surface area contributed by atoms with E-state index in [1.807, 2.05) is 13.0 Å². The number of anilines is 1. The Labute approximate surface area is 109 Å². The van der Waals surface area contributed by atoms with Crippen LogP contribution in [0.3, 0.4) is 0 Å². The van der Waals surface area contributed by atoms with Crippen molar-refractivity contribution < 1.29 is 9.26 Å². The topological polar surface area (TPSA) is 74.2 Å². The van der Waals surface area contributed by atoms with E-state index < -0.39 is 0 Å². The summed E-state index contributed by atoms with van der Waals surface area (Å²) in [5.74, 6) is 1.71. The molecule has 1 unspecified atom stereocenters. The van der Waals surface area contributed by atoms with Gasteiger partial charge in [-0.05, 0) is 37.3 Å². The first-order valence-corrected chi connectivity index (χ1v) is 6.73. The predicted molar refractivity (Wildman–Crippen MR) is 69.2 cm³/mol. The predicted octanol–water partition coefficient (Wildman–Crippen LogP) is 2.79. The minimum atomic E-state index is -0.0416. The number of thiophene rings is 1. The van der Waals surface area contributed by atoms with Gasteiger partial charge in [0.05, 0.1) is 9.88 Å². The third-order valence-corrected chi connectivity index (χ3v) is 4.19. The van der Waals surface area contributed by atoms with Crippen molar-refractivity contribution in [2.24, 2.45) is 5.92 Å². The maximum Gasteiger partial charge on any atom is 0.268 e. The molecule has 96 valence electrons. The summed E-state index contributed by atoms with van der Waals surface area (Å²) in [6, 6.07) is 1.92. The minimum Gasteiger partial charge on any atom is -0.391 e. The van der Waals surface area contributed by atoms with Gasteiger partial charge in [-0.25, -0.2) is 0 Å². The fourth-order valence-corrected chi connectivity index (χ4v) is 2.93. The highest BCUT2D eigenvalue weighted by Gasteiger charge is 2.35. The SMILES string of the molecule is COC(c1noc(-c2sc(N)cc2C)n1)C1CC1. The minimum absolute atomic E-state index is 0.0416. The van der Waals surface area contributed by atoms with Crippen molar-refractivity contribution in [3.05, 3.63) is 17.5 Å². The molecule has 5 nitrogen and oxygen atoms in total. The van der Waals surface area contributed by atoms with Gasteiger partial charge < -0.3 is 15.0 Å². The Bertz CT molecular complexity index is 559. The lowest BCUT2D eigenvalue weighted by Crippen LogP contribution is -2.05. The van der Waals surface area contributed by atoms with Gasteiger partial charge in [-0.2, -0.15) is 4.98 Å². The van der Waals surface area contributed by atoms with Gasteiger partial charge >= 0.3 is 0 Å². The summed E-state index contributed by atoms with van der Waals surface area (Å²) in [4.78, 5) is 5.38. The normalized spacial score (nSPS) is 17.0. The average Bonchev–Trinajstić information content (AvgIpc) is 2.94. The zero-order chi connectivity index (χ0) is 12.7. The number of aromatic nitrogens is 2. The van der Waals surface area contributed by atoms with Crippen LogP contribution in [0.4, 0.5) is 5.00 Å². The molecule has 3 rings (SSSR count). The van der Waals surface area contributed by atoms with E-state index >= 15 is 0 Å². The molecule has 0 aliphatic heterocycles. The first-order valence-electron chi connectivity index (χ1n) is 5.91. The molecule has 0 amide bonds. The van der Waals surface area contributed by atoms with Crippen LogP contribution in [0.1, 0.15) is 30.3 Å². The van der Waals surface area contributed by atoms with Crippen LogP contribution in [0.5, 0.6) is 0 Å². The molecule has 0 spiro atoms. The molecule has 2 aromatic heterocycles. The average molecular weight is 265 g/mol. The number of aryl methyl sites for hydroxylation is 1. The van der Waals surface area contributed by atoms with Gasteiger partial charge in [0.25, 0.3) is 5.89 Å². The van der Waals surface area contributed by atoms with Gasteiger partial charge in [0.15, 0.2) is 0 Å². The van der Waals surface area contributed by atoms with Gasteiger partial charge in [-0.1, -0.05) is 5.16 Å². The molecule has 0 bridgehead atoms. The molecule has 2 N–H and O–H groups in total. The van der Waals surface area contributed by atoms with E-state index in [4.69, 9.17) is 15.0 Å². The van der Waals surface area contributed by atoms with Gasteiger partial charge in [0.2, 0.25) is 5.82 Å². The molecule has 2 aromatic rings. The van der Waals surface area contributed by atoms with Gasteiger partial charge in [-0.3, -0.25) is 0 Å². The fraction of sp³-hybridized carbons (Fsp3) is 0.500. The number of nitrogen functional groups attached to an aromatic ring is 1. The van der Waals surface area contributed by atoms with E-state index in [1.54, 1.807) is 7.11 Å². The zero-order valence-corrected chi connectivity index (χ0v) is 11.2. The number of ether oxygens (including phenoxy) is 1. The van der Waals surface area contributed by atoms with Gasteiger partial charge in [0, 0.05) is 7.11 Å².